The Morgan fingerprint density at radius 2 is 1.58 bits per heavy atom. The Kier molecular flexibility index (Phi) is 4.98. The van der Waals surface area contributed by atoms with Gasteiger partial charge in [-0.25, -0.2) is 0 Å². The average molecular weight is 343 g/mol. The molecule has 0 radical (unpaired) electrons. The van der Waals surface area contributed by atoms with Crippen molar-refractivity contribution in [1.82, 2.24) is 4.90 Å². The number of hydrogen-bond donors (Lipinski definition) is 0. The highest BCUT2D eigenvalue weighted by Gasteiger charge is 2.15. The SMILES string of the molecule is CCN1CCN(c2ccc(N=Cc3cccc4ccccc34)cc2)CC1. The molecule has 132 valence electrons. The molecule has 1 fully saturated rings. The zero-order chi connectivity index (χ0) is 17.8. The van der Waals surface area contributed by atoms with Gasteiger partial charge in [0.05, 0.1) is 5.69 Å². The van der Waals surface area contributed by atoms with Crippen LogP contribution in [0.25, 0.3) is 10.8 Å². The number of nitrogens with zero attached hydrogens (tertiary/aromatic N) is 3. The average Bonchev–Trinajstić information content (AvgIpc) is 2.73. The van der Waals surface area contributed by atoms with E-state index in [-0.39, 0.29) is 0 Å². The standard InChI is InChI=1S/C23H25N3/c1-2-25-14-16-26(17-15-25)22-12-10-21(11-13-22)24-18-20-8-5-7-19-6-3-4-9-23(19)20/h3-13,18H,2,14-17H2,1H3. The third-order valence-corrected chi connectivity index (χ3v) is 5.21. The van der Waals surface area contributed by atoms with E-state index < -0.39 is 0 Å². The second-order valence-electron chi connectivity index (χ2n) is 6.76. The summed E-state index contributed by atoms with van der Waals surface area (Å²) in [7, 11) is 0. The number of aliphatic imine (C=N–C) groups is 1. The lowest BCUT2D eigenvalue weighted by Gasteiger charge is -2.35. The first-order chi connectivity index (χ1) is 12.8. The van der Waals surface area contributed by atoms with Crippen molar-refractivity contribution in [3.05, 3.63) is 72.3 Å². The summed E-state index contributed by atoms with van der Waals surface area (Å²) in [6.07, 6.45) is 1.97. The van der Waals surface area contributed by atoms with Crippen LogP contribution in [0.5, 0.6) is 0 Å². The normalized spacial score (nSPS) is 15.8. The molecular weight excluding hydrogens is 318 g/mol. The van der Waals surface area contributed by atoms with Gasteiger partial charge in [-0.15, -0.1) is 0 Å². The van der Waals surface area contributed by atoms with Gasteiger partial charge >= 0.3 is 0 Å². The molecular formula is C23H25N3. The first-order valence-corrected chi connectivity index (χ1v) is 9.43. The number of hydrogen-bond acceptors (Lipinski definition) is 3. The first kappa shape index (κ1) is 16.8. The van der Waals surface area contributed by atoms with Crippen molar-refractivity contribution >= 4 is 28.4 Å². The van der Waals surface area contributed by atoms with E-state index in [9.17, 15) is 0 Å². The Balaban J connectivity index is 1.48. The predicted octanol–water partition coefficient (Wildman–Crippen LogP) is 4.73. The summed E-state index contributed by atoms with van der Waals surface area (Å²) in [6.45, 7) is 7.89. The maximum Gasteiger partial charge on any atom is 0.0631 e. The molecule has 0 N–H and O–H groups in total. The molecule has 0 bridgehead atoms. The summed E-state index contributed by atoms with van der Waals surface area (Å²) < 4.78 is 0. The number of benzene rings is 3. The number of piperazine rings is 1. The predicted molar refractivity (Wildman–Crippen MR) is 112 cm³/mol. The van der Waals surface area contributed by atoms with Crippen LogP contribution >= 0.6 is 0 Å². The van der Waals surface area contributed by atoms with Crippen LogP contribution < -0.4 is 4.90 Å². The molecule has 1 saturated heterocycles. The van der Waals surface area contributed by atoms with Crippen molar-refractivity contribution in [3.8, 4) is 0 Å². The summed E-state index contributed by atoms with van der Waals surface area (Å²) in [5.74, 6) is 0. The van der Waals surface area contributed by atoms with Crippen molar-refractivity contribution in [3.63, 3.8) is 0 Å². The van der Waals surface area contributed by atoms with E-state index in [4.69, 9.17) is 0 Å². The van der Waals surface area contributed by atoms with Gasteiger partial charge in [0.25, 0.3) is 0 Å². The van der Waals surface area contributed by atoms with Crippen molar-refractivity contribution < 1.29 is 0 Å². The molecule has 0 atom stereocenters. The quantitative estimate of drug-likeness (QED) is 0.638. The van der Waals surface area contributed by atoms with Crippen LogP contribution in [0.3, 0.4) is 0 Å². The number of fused-ring (bicyclic) bond motifs is 1. The molecule has 3 heteroatoms. The lowest BCUT2D eigenvalue weighted by Crippen LogP contribution is -2.46. The van der Waals surface area contributed by atoms with Crippen LogP contribution in [0.15, 0.2) is 71.7 Å². The van der Waals surface area contributed by atoms with Crippen LogP contribution in [-0.4, -0.2) is 43.8 Å². The maximum atomic E-state index is 4.69. The van der Waals surface area contributed by atoms with E-state index in [1.54, 1.807) is 0 Å². The molecule has 0 spiro atoms. The van der Waals surface area contributed by atoms with Gasteiger partial charge in [-0.3, -0.25) is 4.99 Å². The smallest absolute Gasteiger partial charge is 0.0631 e. The molecule has 4 rings (SSSR count). The van der Waals surface area contributed by atoms with Crippen LogP contribution in [0, 0.1) is 0 Å². The molecule has 1 heterocycles. The monoisotopic (exact) mass is 343 g/mol. The maximum absolute atomic E-state index is 4.69. The zero-order valence-corrected chi connectivity index (χ0v) is 15.3. The minimum atomic E-state index is 0.994. The fourth-order valence-electron chi connectivity index (χ4n) is 3.58. The summed E-state index contributed by atoms with van der Waals surface area (Å²) in [4.78, 5) is 9.65. The van der Waals surface area contributed by atoms with Gasteiger partial charge in [0.2, 0.25) is 0 Å². The Hall–Kier alpha value is -2.65. The molecule has 3 aromatic carbocycles. The molecule has 0 aliphatic carbocycles. The van der Waals surface area contributed by atoms with Gasteiger partial charge in [0.1, 0.15) is 0 Å². The van der Waals surface area contributed by atoms with Gasteiger partial charge in [-0.2, -0.15) is 0 Å². The van der Waals surface area contributed by atoms with E-state index in [2.05, 4.69) is 88.4 Å². The van der Waals surface area contributed by atoms with Crippen LogP contribution in [0.2, 0.25) is 0 Å². The van der Waals surface area contributed by atoms with E-state index in [1.807, 2.05) is 6.21 Å². The lowest BCUT2D eigenvalue weighted by atomic mass is 10.1. The highest BCUT2D eigenvalue weighted by Crippen LogP contribution is 2.22. The lowest BCUT2D eigenvalue weighted by molar-refractivity contribution is 0.271. The Morgan fingerprint density at radius 1 is 0.846 bits per heavy atom. The Labute approximate surface area is 155 Å². The summed E-state index contributed by atoms with van der Waals surface area (Å²) >= 11 is 0. The molecule has 3 nitrogen and oxygen atoms in total. The molecule has 26 heavy (non-hydrogen) atoms. The van der Waals surface area contributed by atoms with Crippen LogP contribution in [0.4, 0.5) is 11.4 Å². The zero-order valence-electron chi connectivity index (χ0n) is 15.3. The van der Waals surface area contributed by atoms with Gasteiger partial charge in [0, 0.05) is 43.6 Å². The first-order valence-electron chi connectivity index (χ1n) is 9.43. The van der Waals surface area contributed by atoms with E-state index in [0.29, 0.717) is 0 Å². The highest BCUT2D eigenvalue weighted by atomic mass is 15.3. The third kappa shape index (κ3) is 3.63. The number of anilines is 1. The highest BCUT2D eigenvalue weighted by molar-refractivity contribution is 6.00. The largest absolute Gasteiger partial charge is 0.369 e. The van der Waals surface area contributed by atoms with E-state index >= 15 is 0 Å². The fourth-order valence-corrected chi connectivity index (χ4v) is 3.58. The van der Waals surface area contributed by atoms with Crippen molar-refractivity contribution in [1.29, 1.82) is 0 Å². The third-order valence-electron chi connectivity index (χ3n) is 5.21. The van der Waals surface area contributed by atoms with Gasteiger partial charge in [0.15, 0.2) is 0 Å². The minimum absolute atomic E-state index is 0.994. The Morgan fingerprint density at radius 3 is 2.35 bits per heavy atom. The molecule has 0 aromatic heterocycles. The van der Waals surface area contributed by atoms with Crippen molar-refractivity contribution in [2.75, 3.05) is 37.6 Å². The summed E-state index contributed by atoms with van der Waals surface area (Å²) in [6, 6.07) is 23.4. The molecule has 0 saturated carbocycles. The van der Waals surface area contributed by atoms with Gasteiger partial charge < -0.3 is 9.80 Å². The number of rotatable bonds is 4. The molecule has 0 amide bonds. The second-order valence-corrected chi connectivity index (χ2v) is 6.76. The fraction of sp³-hybridized carbons (Fsp3) is 0.261. The molecule has 1 aliphatic rings. The molecule has 1 aliphatic heterocycles. The van der Waals surface area contributed by atoms with Gasteiger partial charge in [-0.1, -0.05) is 49.4 Å². The van der Waals surface area contributed by atoms with Crippen molar-refractivity contribution in [2.24, 2.45) is 4.99 Å². The summed E-state index contributed by atoms with van der Waals surface area (Å²) in [5.41, 5.74) is 3.45. The second kappa shape index (κ2) is 7.71. The Bertz CT molecular complexity index is 885. The number of likely N-dealkylation sites (N-methyl/N-ethyl adjacent to an activating group) is 1. The van der Waals surface area contributed by atoms with E-state index in [1.165, 1.54) is 16.5 Å². The molecule has 0 unspecified atom stereocenters. The van der Waals surface area contributed by atoms with Gasteiger partial charge in [-0.05, 0) is 41.6 Å². The van der Waals surface area contributed by atoms with Crippen LogP contribution in [-0.2, 0) is 0 Å². The summed E-state index contributed by atoms with van der Waals surface area (Å²) in [5, 5.41) is 2.49. The topological polar surface area (TPSA) is 18.8 Å². The van der Waals surface area contributed by atoms with Crippen molar-refractivity contribution in [2.45, 2.75) is 6.92 Å². The van der Waals surface area contributed by atoms with E-state index in [0.717, 1.165) is 44.0 Å². The van der Waals surface area contributed by atoms with Crippen LogP contribution in [0.1, 0.15) is 12.5 Å². The minimum Gasteiger partial charge on any atom is -0.369 e. The molecule has 3 aromatic rings.